The number of ether oxygens (including phenoxy) is 1. The summed E-state index contributed by atoms with van der Waals surface area (Å²) in [6, 6.07) is 85.0. The molecule has 113 heavy (non-hydrogen) atoms. The summed E-state index contributed by atoms with van der Waals surface area (Å²) in [6.45, 7) is 15.3. The van der Waals surface area contributed by atoms with Gasteiger partial charge in [0.25, 0.3) is 0 Å². The molecule has 1 N–H and O–H groups in total. The fraction of sp³-hybridized carbons (Fsp3) is 0.239. The molecular formula is C71H78BF22I2N3O8P2S3Se. The fourth-order valence-electron chi connectivity index (χ4n) is 7.81. The molecule has 9 aromatic carbocycles. The molecule has 42 heteroatoms. The number of rotatable bonds is 16. The maximum absolute atomic E-state index is 10.7. The Kier molecular flexibility index (Phi) is 45.6. The molecule has 0 aliphatic heterocycles. The zero-order chi connectivity index (χ0) is 86.3. The van der Waals surface area contributed by atoms with E-state index in [4.69, 9.17) is 41.2 Å². The molecule has 0 bridgehead atoms. The van der Waals surface area contributed by atoms with Crippen LogP contribution < -0.4 is 70.1 Å². The molecule has 0 fully saturated rings. The number of methoxy groups -OCH3 is 1. The molecule has 0 unspecified atom stereocenters. The minimum absolute atomic E-state index is 0. The molecule has 0 spiro atoms. The van der Waals surface area contributed by atoms with E-state index in [9.17, 15) is 89.7 Å². The van der Waals surface area contributed by atoms with Crippen molar-refractivity contribution in [3.8, 4) is 11.5 Å². The first kappa shape index (κ1) is 108. The molecular weight excluding hydrogens is 1940 g/mol. The summed E-state index contributed by atoms with van der Waals surface area (Å²) >= 11 is -1.26. The Balaban J connectivity index is 0. The second-order valence-corrected chi connectivity index (χ2v) is 41.9. The van der Waals surface area contributed by atoms with Gasteiger partial charge >= 0.3 is 251 Å². The summed E-state index contributed by atoms with van der Waals surface area (Å²) < 4.78 is 281. The summed E-state index contributed by atoms with van der Waals surface area (Å²) in [6.07, 6.45) is 6.68. The first-order valence-corrected chi connectivity index (χ1v) is 47.5. The van der Waals surface area contributed by atoms with Crippen LogP contribution in [-0.4, -0.2) is 96.2 Å². The molecule has 0 heterocycles. The van der Waals surface area contributed by atoms with Crippen molar-refractivity contribution in [3.05, 3.63) is 273 Å². The third-order valence-corrected chi connectivity index (χ3v) is 24.6. The van der Waals surface area contributed by atoms with Crippen LogP contribution in [0.1, 0.15) is 52.7 Å². The molecule has 0 saturated carbocycles. The fourth-order valence-corrected chi connectivity index (χ4v) is 17.4. The molecule has 9 rings (SSSR count). The number of diazo groups is 1. The number of hydrogen-bond donors (Lipinski definition) is 1. The average Bonchev–Trinajstić information content (AvgIpc) is 0.798. The summed E-state index contributed by atoms with van der Waals surface area (Å²) in [7, 11) is -35.2. The molecule has 0 amide bonds. The van der Waals surface area contributed by atoms with Gasteiger partial charge in [0.2, 0.25) is 5.39 Å². The van der Waals surface area contributed by atoms with E-state index in [-0.39, 0.29) is 47.1 Å². The topological polar surface area (TPSA) is 175 Å². The van der Waals surface area contributed by atoms with Gasteiger partial charge < -0.3 is 28.6 Å². The van der Waals surface area contributed by atoms with E-state index in [1.807, 2.05) is 30.3 Å². The van der Waals surface area contributed by atoms with Crippen LogP contribution in [0.4, 0.5) is 101 Å². The Hall–Kier alpha value is -6.67. The predicted molar refractivity (Wildman–Crippen MR) is 396 cm³/mol. The van der Waals surface area contributed by atoms with E-state index in [1.165, 1.54) is 56.5 Å². The Labute approximate surface area is 670 Å². The number of halogens is 24. The molecule has 0 atom stereocenters. The summed E-state index contributed by atoms with van der Waals surface area (Å²) in [5.41, 5.74) is -6.61. The Morgan fingerprint density at radius 3 is 1.04 bits per heavy atom. The van der Waals surface area contributed by atoms with E-state index >= 15 is 0 Å². The standard InChI is InChI=1S/C20H26I.C18H15Se.C13H12IO.C10H14N3.C8H10OS.2CHF3O3S.BF3.2F6P.FH/c1-15(2)13-17-5-9-19(10-6-17)21-20-11-7-18(8-12-20)14-16(3)4;1-4-10-16(11-5-1)19(17-12-6-2-7-13-17)18-14-8-3-9-15-18;1-15-13-9-5-8-12(10-13)14-11-6-3-2-4-7-11;1-3-13(4-2)10-7-5-9(12-11)6-8-10;1-10(2)8-5-3-7(9)4-6-8;2*2-1(3,4)8(5,6)7;2-1(3)4;2*1-7(2,3,4,5)6;/h5-12,15-16H,13-14H2,1-4H3;1-15H;2-10H,1H3;5-8H,3-4H2,1-2H3;3-6H,1-2H3;2*(H,5,6,7);;;;1H/q4*+1;;;;;2*-1;/p-2. The van der Waals surface area contributed by atoms with Crippen molar-refractivity contribution in [2.75, 3.05) is 37.6 Å². The first-order valence-electron chi connectivity index (χ1n) is 31.7. The normalized spacial score (nSPS) is 12.3. The van der Waals surface area contributed by atoms with Crippen molar-refractivity contribution in [1.82, 2.24) is 0 Å². The Bertz CT molecular complexity index is 4190. The van der Waals surface area contributed by atoms with Crippen LogP contribution in [0.2, 0.25) is 0 Å². The van der Waals surface area contributed by atoms with Crippen molar-refractivity contribution in [1.29, 1.82) is 5.39 Å². The Morgan fingerprint density at radius 2 is 0.779 bits per heavy atom. The quantitative estimate of drug-likeness (QED) is 0.0143. The SMILES string of the molecule is CC(C)Cc1ccc([I+]c2ccc(CC(C)C)cc2)cc1.CCN(CC)c1ccc([N+]#N)cc1.COc1cccc([I+]c2ccccc2)c1.C[S+](C)c1ccc(O)cc1.FB(F)F.F[P-](F)(F)(F)(F)F.F[P-](F)(F)(F)(F)F.O=S(=O)([O-])C(F)(F)F.O=S(=O)([O-])C(F)(F)F.[F-].c1ccc([Se+](c2ccccc2)c2ccccc2)cc1. The van der Waals surface area contributed by atoms with Gasteiger partial charge in [0.15, 0.2) is 44.4 Å². The van der Waals surface area contributed by atoms with Gasteiger partial charge in [-0.05, 0) is 135 Å². The number of nitrogens with zero attached hydrogens (tertiary/aromatic N) is 3. The summed E-state index contributed by atoms with van der Waals surface area (Å²) in [5, 5.41) is 17.4. The minimum atomic E-state index is -10.7. The number of phenolic OH excluding ortho intramolecular Hbond substituents is 1. The molecule has 0 saturated heterocycles. The Morgan fingerprint density at radius 1 is 0.496 bits per heavy atom. The van der Waals surface area contributed by atoms with Crippen LogP contribution >= 0.6 is 15.6 Å². The second kappa shape index (κ2) is 47.5. The molecule has 0 aliphatic rings. The van der Waals surface area contributed by atoms with E-state index in [2.05, 4.69) is 252 Å². The third-order valence-electron chi connectivity index (χ3n) is 12.2. The molecule has 0 aromatic heterocycles. The first-order chi connectivity index (χ1) is 51.0. The number of phenols is 1. The van der Waals surface area contributed by atoms with Gasteiger partial charge in [-0.25, -0.2) is 16.8 Å². The van der Waals surface area contributed by atoms with Crippen molar-refractivity contribution in [3.63, 3.8) is 0 Å². The number of hydrogen-bond acceptors (Lipinski definition) is 10. The van der Waals surface area contributed by atoms with Gasteiger partial charge in [-0.3, -0.25) is 12.9 Å². The van der Waals surface area contributed by atoms with E-state index in [0.717, 1.165) is 36.4 Å². The van der Waals surface area contributed by atoms with E-state index in [1.54, 1.807) is 31.4 Å². The number of alkyl halides is 6. The van der Waals surface area contributed by atoms with Crippen LogP contribution in [0.15, 0.2) is 248 Å². The van der Waals surface area contributed by atoms with Crippen LogP contribution in [-0.2, 0) is 44.0 Å². The molecule has 0 aliphatic carbocycles. The molecule has 630 valence electrons. The maximum atomic E-state index is 10.7. The predicted octanol–water partition coefficient (Wildman–Crippen LogP) is 13.6. The van der Waals surface area contributed by atoms with Crippen molar-refractivity contribution in [2.45, 2.75) is 70.3 Å². The van der Waals surface area contributed by atoms with Gasteiger partial charge in [-0.15, -0.1) is 0 Å². The zero-order valence-corrected chi connectivity index (χ0v) is 71.2. The number of anilines is 1. The molecule has 9 aromatic rings. The van der Waals surface area contributed by atoms with Crippen molar-refractivity contribution >= 4 is 93.0 Å². The van der Waals surface area contributed by atoms with Gasteiger partial charge in [0.1, 0.15) is 24.0 Å². The van der Waals surface area contributed by atoms with Gasteiger partial charge in [0, 0.05) is 47.9 Å². The third kappa shape index (κ3) is 59.6. The number of benzene rings is 9. The zero-order valence-electron chi connectivity index (χ0n) is 60.9. The second-order valence-electron chi connectivity index (χ2n) is 22.9. The van der Waals surface area contributed by atoms with Gasteiger partial charge in [-0.1, -0.05) is 76.2 Å². The van der Waals surface area contributed by atoms with Crippen LogP contribution in [0.25, 0.3) is 4.98 Å². The van der Waals surface area contributed by atoms with E-state index in [0.29, 0.717) is 22.3 Å². The van der Waals surface area contributed by atoms with Crippen LogP contribution in [0.3, 0.4) is 0 Å². The van der Waals surface area contributed by atoms with Crippen molar-refractivity contribution in [2.24, 2.45) is 11.8 Å². The van der Waals surface area contributed by atoms with E-state index < -0.39 is 68.3 Å². The van der Waals surface area contributed by atoms with Crippen LogP contribution in [0, 0.1) is 31.5 Å². The van der Waals surface area contributed by atoms with Gasteiger partial charge in [0.05, 0.1) is 7.11 Å². The summed E-state index contributed by atoms with van der Waals surface area (Å²) in [4.78, 5) is 6.63. The number of aromatic hydroxyl groups is 1. The molecule has 0 radical (unpaired) electrons. The van der Waals surface area contributed by atoms with Crippen LogP contribution in [0.5, 0.6) is 11.5 Å². The average molecular weight is 2020 g/mol. The summed E-state index contributed by atoms with van der Waals surface area (Å²) in [5.74, 6) is 2.76. The monoisotopic (exact) mass is 2020 g/mol. The van der Waals surface area contributed by atoms with Gasteiger partial charge in [-0.2, -0.15) is 26.3 Å². The van der Waals surface area contributed by atoms with Crippen molar-refractivity contribution < 1.29 is 173 Å². The molecule has 11 nitrogen and oxygen atoms in total.